The molecule has 0 aliphatic carbocycles. The van der Waals surface area contributed by atoms with E-state index in [9.17, 15) is 0 Å². The van der Waals surface area contributed by atoms with E-state index >= 15 is 0 Å². The lowest BCUT2D eigenvalue weighted by Gasteiger charge is -2.37. The van der Waals surface area contributed by atoms with Crippen molar-refractivity contribution < 1.29 is 17.3 Å². The molecule has 1 N–H and O–H groups in total. The first kappa shape index (κ1) is 18.2. The minimum absolute atomic E-state index is 0. The Morgan fingerprint density at radius 1 is 0.913 bits per heavy atom. The summed E-state index contributed by atoms with van der Waals surface area (Å²) in [6, 6.07) is 18.0. The molecule has 2 aromatic carbocycles. The quantitative estimate of drug-likeness (QED) is 0.846. The number of hydrogen-bond donors (Lipinski definition) is 1. The van der Waals surface area contributed by atoms with Crippen LogP contribution >= 0.6 is 11.8 Å². The molecular formula is C19H25ClN2S. The normalized spacial score (nSPS) is 14.0. The van der Waals surface area contributed by atoms with Gasteiger partial charge in [-0.05, 0) is 45.0 Å². The standard InChI is InChI=1S/C19H24N2S.ClH/c1-4-20(5-2)14-15(3)21-16-10-6-8-12-18(16)22-19-13-9-7-11-17(19)21;/h6-13,15H,4-5,14H2,1-3H3;1H. The fourth-order valence-electron chi connectivity index (χ4n) is 3.26. The van der Waals surface area contributed by atoms with Crippen molar-refractivity contribution in [2.24, 2.45) is 0 Å². The number of anilines is 2. The predicted octanol–water partition coefficient (Wildman–Crippen LogP) is 0.607. The number of hydrogen-bond acceptors (Lipinski definition) is 2. The van der Waals surface area contributed by atoms with E-state index in [1.165, 1.54) is 40.8 Å². The number of rotatable bonds is 5. The van der Waals surface area contributed by atoms with E-state index in [2.05, 4.69) is 74.2 Å². The molecule has 23 heavy (non-hydrogen) atoms. The van der Waals surface area contributed by atoms with Gasteiger partial charge in [-0.15, -0.1) is 0 Å². The number of benzene rings is 2. The van der Waals surface area contributed by atoms with E-state index in [4.69, 9.17) is 0 Å². The molecule has 1 unspecified atom stereocenters. The Labute approximate surface area is 150 Å². The van der Waals surface area contributed by atoms with Gasteiger partial charge < -0.3 is 22.2 Å². The van der Waals surface area contributed by atoms with E-state index in [1.54, 1.807) is 4.90 Å². The number of nitrogens with one attached hydrogen (secondary N) is 1. The second-order valence-electron chi connectivity index (χ2n) is 5.92. The molecule has 1 heterocycles. The van der Waals surface area contributed by atoms with E-state index in [0.717, 1.165) is 0 Å². The molecule has 1 atom stereocenters. The molecule has 1 aliphatic rings. The maximum Gasteiger partial charge on any atom is 0.0979 e. The average Bonchev–Trinajstić information content (AvgIpc) is 2.57. The first-order valence-electron chi connectivity index (χ1n) is 8.23. The van der Waals surface area contributed by atoms with Crippen LogP contribution in [-0.2, 0) is 0 Å². The second-order valence-corrected chi connectivity index (χ2v) is 7.00. The van der Waals surface area contributed by atoms with Gasteiger partial charge in [0, 0.05) is 9.79 Å². The van der Waals surface area contributed by atoms with E-state index in [1.807, 2.05) is 11.8 Å². The Bertz CT molecular complexity index is 597. The Hall–Kier alpha value is -1.16. The number of halogens is 1. The Morgan fingerprint density at radius 3 is 1.87 bits per heavy atom. The zero-order valence-corrected chi connectivity index (χ0v) is 15.6. The van der Waals surface area contributed by atoms with Crippen LogP contribution in [0.2, 0.25) is 0 Å². The first-order chi connectivity index (χ1) is 10.7. The maximum atomic E-state index is 2.53. The van der Waals surface area contributed by atoms with Crippen LogP contribution in [0.15, 0.2) is 58.3 Å². The third-order valence-corrected chi connectivity index (χ3v) is 5.62. The molecule has 0 spiro atoms. The Balaban J connectivity index is 0.00000192. The Kier molecular flexibility index (Phi) is 6.40. The Morgan fingerprint density at radius 2 is 1.39 bits per heavy atom. The topological polar surface area (TPSA) is 7.68 Å². The smallest absolute Gasteiger partial charge is 0.0979 e. The lowest BCUT2D eigenvalue weighted by Crippen LogP contribution is -3.12. The van der Waals surface area contributed by atoms with Crippen molar-refractivity contribution in [3.8, 4) is 0 Å². The van der Waals surface area contributed by atoms with Gasteiger partial charge in [-0.3, -0.25) is 0 Å². The molecule has 0 radical (unpaired) electrons. The summed E-state index contributed by atoms with van der Waals surface area (Å²) in [5, 5.41) is 0. The van der Waals surface area contributed by atoms with Gasteiger partial charge in [0.2, 0.25) is 0 Å². The monoisotopic (exact) mass is 348 g/mol. The largest absolute Gasteiger partial charge is 1.00 e. The van der Waals surface area contributed by atoms with E-state index in [-0.39, 0.29) is 12.4 Å². The molecule has 0 saturated heterocycles. The lowest BCUT2D eigenvalue weighted by atomic mass is 10.1. The number of quaternary nitrogens is 1. The molecule has 0 bridgehead atoms. The van der Waals surface area contributed by atoms with Gasteiger partial charge in [0.25, 0.3) is 0 Å². The molecular weight excluding hydrogens is 324 g/mol. The third-order valence-electron chi connectivity index (χ3n) is 4.49. The highest BCUT2D eigenvalue weighted by atomic mass is 35.5. The average molecular weight is 349 g/mol. The molecule has 1 aliphatic heterocycles. The molecule has 2 aromatic rings. The number of para-hydroxylation sites is 2. The van der Waals surface area contributed by atoms with Crippen molar-refractivity contribution in [1.82, 2.24) is 0 Å². The van der Waals surface area contributed by atoms with Crippen molar-refractivity contribution >= 4 is 23.1 Å². The van der Waals surface area contributed by atoms with Gasteiger partial charge in [-0.1, -0.05) is 36.0 Å². The summed E-state index contributed by atoms with van der Waals surface area (Å²) >= 11 is 1.89. The zero-order chi connectivity index (χ0) is 15.5. The molecule has 0 amide bonds. The highest BCUT2D eigenvalue weighted by Crippen LogP contribution is 2.48. The molecule has 2 nitrogen and oxygen atoms in total. The number of likely N-dealkylation sites (N-methyl/N-ethyl adjacent to an activating group) is 1. The van der Waals surface area contributed by atoms with Crippen molar-refractivity contribution in [1.29, 1.82) is 0 Å². The number of fused-ring (bicyclic) bond motifs is 2. The van der Waals surface area contributed by atoms with Crippen LogP contribution in [0.5, 0.6) is 0 Å². The number of nitrogens with zero attached hydrogens (tertiary/aromatic N) is 1. The zero-order valence-electron chi connectivity index (χ0n) is 14.1. The van der Waals surface area contributed by atoms with E-state index < -0.39 is 0 Å². The highest BCUT2D eigenvalue weighted by Gasteiger charge is 2.28. The summed E-state index contributed by atoms with van der Waals surface area (Å²) in [4.78, 5) is 6.91. The minimum atomic E-state index is 0. The molecule has 0 saturated carbocycles. The van der Waals surface area contributed by atoms with Crippen LogP contribution < -0.4 is 22.2 Å². The first-order valence-corrected chi connectivity index (χ1v) is 9.05. The molecule has 0 aromatic heterocycles. The summed E-state index contributed by atoms with van der Waals surface area (Å²) in [6.45, 7) is 10.5. The summed E-state index contributed by atoms with van der Waals surface area (Å²) in [7, 11) is 0. The van der Waals surface area contributed by atoms with Crippen LogP contribution in [0.3, 0.4) is 0 Å². The van der Waals surface area contributed by atoms with Crippen LogP contribution in [0.4, 0.5) is 11.4 Å². The maximum absolute atomic E-state index is 2.53. The van der Waals surface area contributed by atoms with E-state index in [0.29, 0.717) is 6.04 Å². The van der Waals surface area contributed by atoms with Crippen LogP contribution in [-0.4, -0.2) is 25.7 Å². The van der Waals surface area contributed by atoms with Gasteiger partial charge in [0.05, 0.1) is 37.1 Å². The highest BCUT2D eigenvalue weighted by molar-refractivity contribution is 7.99. The fourth-order valence-corrected chi connectivity index (χ4v) is 4.33. The van der Waals surface area contributed by atoms with Crippen molar-refractivity contribution in [2.45, 2.75) is 36.6 Å². The van der Waals surface area contributed by atoms with Gasteiger partial charge in [-0.25, -0.2) is 0 Å². The molecule has 124 valence electrons. The molecule has 4 heteroatoms. The summed E-state index contributed by atoms with van der Waals surface area (Å²) in [5.74, 6) is 0. The van der Waals surface area contributed by atoms with Gasteiger partial charge in [0.15, 0.2) is 0 Å². The summed E-state index contributed by atoms with van der Waals surface area (Å²) in [6.07, 6.45) is 0. The molecule has 3 rings (SSSR count). The second kappa shape index (κ2) is 8.09. The van der Waals surface area contributed by atoms with Gasteiger partial charge in [-0.2, -0.15) is 0 Å². The van der Waals surface area contributed by atoms with Gasteiger partial charge >= 0.3 is 0 Å². The summed E-state index contributed by atoms with van der Waals surface area (Å²) in [5.41, 5.74) is 2.70. The predicted molar refractivity (Wildman–Crippen MR) is 95.5 cm³/mol. The van der Waals surface area contributed by atoms with Crippen molar-refractivity contribution in [3.63, 3.8) is 0 Å². The third kappa shape index (κ3) is 3.68. The van der Waals surface area contributed by atoms with Crippen molar-refractivity contribution in [2.75, 3.05) is 24.5 Å². The lowest BCUT2D eigenvalue weighted by molar-refractivity contribution is -0.897. The van der Waals surface area contributed by atoms with Gasteiger partial charge in [0.1, 0.15) is 0 Å². The summed E-state index contributed by atoms with van der Waals surface area (Å²) < 4.78 is 0. The van der Waals surface area contributed by atoms with Crippen LogP contribution in [0.1, 0.15) is 20.8 Å². The molecule has 0 fully saturated rings. The minimum Gasteiger partial charge on any atom is -1.00 e. The SMILES string of the molecule is CC[NH+](CC)CC(C)N1c2ccccc2Sc2ccccc21.[Cl-]. The fraction of sp³-hybridized carbons (Fsp3) is 0.368. The van der Waals surface area contributed by atoms with Crippen LogP contribution in [0.25, 0.3) is 0 Å². The van der Waals surface area contributed by atoms with Crippen LogP contribution in [0, 0.1) is 0 Å². The van der Waals surface area contributed by atoms with Crippen molar-refractivity contribution in [3.05, 3.63) is 48.5 Å².